The van der Waals surface area contributed by atoms with E-state index >= 15 is 0 Å². The Morgan fingerprint density at radius 1 is 0.742 bits per heavy atom. The molecule has 1 fully saturated rings. The number of amides is 1. The maximum atomic E-state index is 12.0. The minimum atomic E-state index is -1.29. The van der Waals surface area contributed by atoms with Gasteiger partial charge in [-0.1, -0.05) is 103 Å². The summed E-state index contributed by atoms with van der Waals surface area (Å²) in [5.41, 5.74) is 0. The zero-order chi connectivity index (χ0) is 22.9. The summed E-state index contributed by atoms with van der Waals surface area (Å²) in [7, 11) is 0. The van der Waals surface area contributed by atoms with Gasteiger partial charge in [-0.25, -0.2) is 0 Å². The third-order valence-corrected chi connectivity index (χ3v) is 6.44. The molecular weight excluding hydrogens is 394 g/mol. The van der Waals surface area contributed by atoms with Crippen LogP contribution in [0.1, 0.15) is 117 Å². The first-order valence-electron chi connectivity index (χ1n) is 12.9. The summed E-state index contributed by atoms with van der Waals surface area (Å²) >= 11 is 0. The number of aliphatic hydroxyl groups is 3. The van der Waals surface area contributed by atoms with Gasteiger partial charge in [0.05, 0.1) is 6.61 Å². The highest BCUT2D eigenvalue weighted by Crippen LogP contribution is 2.20. The summed E-state index contributed by atoms with van der Waals surface area (Å²) < 4.78 is 5.42. The normalized spacial score (nSPS) is 23.8. The molecule has 6 nitrogen and oxygen atoms in total. The fourth-order valence-electron chi connectivity index (χ4n) is 4.36. The number of carbonyl (C=O) groups is 1. The highest BCUT2D eigenvalue weighted by atomic mass is 16.5. The lowest BCUT2D eigenvalue weighted by molar-refractivity contribution is -0.227. The monoisotopic (exact) mass is 443 g/mol. The molecule has 0 aromatic rings. The second-order valence-corrected chi connectivity index (χ2v) is 9.29. The predicted molar refractivity (Wildman–Crippen MR) is 125 cm³/mol. The minimum Gasteiger partial charge on any atom is -0.388 e. The van der Waals surface area contributed by atoms with Crippen molar-refractivity contribution in [2.24, 2.45) is 0 Å². The highest BCUT2D eigenvalue weighted by molar-refractivity contribution is 5.73. The smallest absolute Gasteiger partial charge is 0.221 e. The van der Waals surface area contributed by atoms with Crippen LogP contribution in [0.2, 0.25) is 0 Å². The van der Waals surface area contributed by atoms with Crippen molar-refractivity contribution in [2.45, 2.75) is 141 Å². The summed E-state index contributed by atoms with van der Waals surface area (Å²) in [5.74, 6) is -0.186. The molecule has 3 N–H and O–H groups in total. The second-order valence-electron chi connectivity index (χ2n) is 9.29. The molecule has 1 saturated heterocycles. The van der Waals surface area contributed by atoms with Crippen LogP contribution in [0.25, 0.3) is 0 Å². The van der Waals surface area contributed by atoms with E-state index in [1.54, 1.807) is 0 Å². The first kappa shape index (κ1) is 28.3. The number of ether oxygens (including phenoxy) is 1. The number of unbranched alkanes of at least 4 members (excludes halogenated alkanes) is 15. The molecule has 1 heterocycles. The first-order chi connectivity index (χ1) is 15.0. The van der Waals surface area contributed by atoms with Crippen molar-refractivity contribution < 1.29 is 24.9 Å². The Morgan fingerprint density at radius 3 is 1.58 bits per heavy atom. The zero-order valence-electron chi connectivity index (χ0n) is 20.1. The molecule has 31 heavy (non-hydrogen) atoms. The molecule has 1 aliphatic rings. The van der Waals surface area contributed by atoms with E-state index in [0.717, 1.165) is 19.3 Å². The third kappa shape index (κ3) is 12.2. The molecule has 0 spiro atoms. The average molecular weight is 444 g/mol. The molecule has 184 valence electrons. The van der Waals surface area contributed by atoms with Gasteiger partial charge in [0, 0.05) is 13.5 Å². The molecule has 6 heteroatoms. The number of hydrogen-bond donors (Lipinski definition) is 3. The molecule has 1 unspecified atom stereocenters. The van der Waals surface area contributed by atoms with Gasteiger partial charge in [-0.3, -0.25) is 4.79 Å². The van der Waals surface area contributed by atoms with E-state index in [0.29, 0.717) is 6.54 Å². The molecule has 0 radical (unpaired) electrons. The molecule has 0 aliphatic carbocycles. The van der Waals surface area contributed by atoms with Crippen LogP contribution in [0.5, 0.6) is 0 Å². The predicted octanol–water partition coefficient (Wildman–Crippen LogP) is 4.54. The molecule has 0 saturated carbocycles. The van der Waals surface area contributed by atoms with Gasteiger partial charge in [0.2, 0.25) is 5.91 Å². The first-order valence-corrected chi connectivity index (χ1v) is 12.9. The lowest BCUT2D eigenvalue weighted by Crippen LogP contribution is -2.60. The van der Waals surface area contributed by atoms with Gasteiger partial charge in [-0.15, -0.1) is 0 Å². The van der Waals surface area contributed by atoms with Crippen LogP contribution in [-0.4, -0.2) is 63.8 Å². The maximum absolute atomic E-state index is 12.0. The topological polar surface area (TPSA) is 90.2 Å². The van der Waals surface area contributed by atoms with Crippen LogP contribution in [0.4, 0.5) is 0 Å². The van der Waals surface area contributed by atoms with Crippen molar-refractivity contribution in [3.8, 4) is 0 Å². The standard InChI is InChI=1S/C25H49NO5/c1-3-4-5-6-7-8-9-10-11-12-13-14-15-16-17-18-19-26(21(2)27)25-24(30)23(29)22(28)20-31-25/h22-25,28-30H,3-20H2,1-2H3/t22-,23+,24-,25?/m1/s1. The van der Waals surface area contributed by atoms with Gasteiger partial charge >= 0.3 is 0 Å². The summed E-state index contributed by atoms with van der Waals surface area (Å²) in [4.78, 5) is 13.4. The third-order valence-electron chi connectivity index (χ3n) is 6.44. The van der Waals surface area contributed by atoms with E-state index in [2.05, 4.69) is 6.92 Å². The summed E-state index contributed by atoms with van der Waals surface area (Å²) in [6.45, 7) is 4.13. The van der Waals surface area contributed by atoms with Crippen molar-refractivity contribution in [1.29, 1.82) is 0 Å². The number of hydrogen-bond acceptors (Lipinski definition) is 5. The van der Waals surface area contributed by atoms with Crippen molar-refractivity contribution in [2.75, 3.05) is 13.2 Å². The van der Waals surface area contributed by atoms with Gasteiger partial charge in [0.1, 0.15) is 18.3 Å². The van der Waals surface area contributed by atoms with E-state index in [9.17, 15) is 20.1 Å². The van der Waals surface area contributed by atoms with Crippen molar-refractivity contribution in [3.05, 3.63) is 0 Å². The number of rotatable bonds is 18. The van der Waals surface area contributed by atoms with E-state index in [4.69, 9.17) is 4.74 Å². The molecule has 1 aliphatic heterocycles. The van der Waals surface area contributed by atoms with Crippen molar-refractivity contribution in [1.82, 2.24) is 4.90 Å². The Kier molecular flexibility index (Phi) is 16.3. The SMILES string of the molecule is CCCCCCCCCCCCCCCCCCN(C(C)=O)C1OC[C@@H](O)[C@H](O)[C@H]1O. The summed E-state index contributed by atoms with van der Waals surface area (Å²) in [6, 6.07) is 0. The molecule has 4 atom stereocenters. The van der Waals surface area contributed by atoms with Crippen LogP contribution in [0.15, 0.2) is 0 Å². The molecule has 0 bridgehead atoms. The largest absolute Gasteiger partial charge is 0.388 e. The Morgan fingerprint density at radius 2 is 1.16 bits per heavy atom. The Hall–Kier alpha value is -0.690. The maximum Gasteiger partial charge on any atom is 0.221 e. The quantitative estimate of drug-likeness (QED) is 0.271. The van der Waals surface area contributed by atoms with Crippen LogP contribution in [-0.2, 0) is 9.53 Å². The van der Waals surface area contributed by atoms with E-state index < -0.39 is 24.5 Å². The molecule has 1 amide bonds. The van der Waals surface area contributed by atoms with Crippen LogP contribution < -0.4 is 0 Å². The van der Waals surface area contributed by atoms with Crippen molar-refractivity contribution in [3.63, 3.8) is 0 Å². The fourth-order valence-corrected chi connectivity index (χ4v) is 4.36. The Labute approximate surface area is 190 Å². The van der Waals surface area contributed by atoms with E-state index in [1.165, 1.54) is 95.3 Å². The van der Waals surface area contributed by atoms with Crippen LogP contribution in [0, 0.1) is 0 Å². The van der Waals surface area contributed by atoms with Gasteiger partial charge in [-0.2, -0.15) is 0 Å². The number of aliphatic hydroxyl groups excluding tert-OH is 3. The lowest BCUT2D eigenvalue weighted by atomic mass is 10.0. The molecule has 1 rings (SSSR count). The highest BCUT2D eigenvalue weighted by Gasteiger charge is 2.41. The van der Waals surface area contributed by atoms with Gasteiger partial charge in [0.25, 0.3) is 0 Å². The van der Waals surface area contributed by atoms with Crippen LogP contribution in [0.3, 0.4) is 0 Å². The zero-order valence-corrected chi connectivity index (χ0v) is 20.1. The molecule has 0 aromatic carbocycles. The average Bonchev–Trinajstić information content (AvgIpc) is 2.75. The molecule has 0 aromatic heterocycles. The number of nitrogens with zero attached hydrogens (tertiary/aromatic N) is 1. The Balaban J connectivity index is 1.98. The van der Waals surface area contributed by atoms with Crippen molar-refractivity contribution >= 4 is 5.91 Å². The minimum absolute atomic E-state index is 0.0777. The number of carbonyl (C=O) groups excluding carboxylic acids is 1. The lowest BCUT2D eigenvalue weighted by Gasteiger charge is -2.41. The summed E-state index contributed by atoms with van der Waals surface area (Å²) in [5, 5.41) is 29.5. The Bertz CT molecular complexity index is 448. The van der Waals surface area contributed by atoms with Gasteiger partial charge in [0.15, 0.2) is 6.23 Å². The fraction of sp³-hybridized carbons (Fsp3) is 0.960. The van der Waals surface area contributed by atoms with Crippen LogP contribution >= 0.6 is 0 Å². The molecular formula is C25H49NO5. The van der Waals surface area contributed by atoms with Gasteiger partial charge in [-0.05, 0) is 6.42 Å². The van der Waals surface area contributed by atoms with E-state index in [1.807, 2.05) is 0 Å². The second kappa shape index (κ2) is 17.8. The summed E-state index contributed by atoms with van der Waals surface area (Å²) in [6.07, 6.45) is 16.2. The van der Waals surface area contributed by atoms with E-state index in [-0.39, 0.29) is 12.5 Å². The van der Waals surface area contributed by atoms with Gasteiger partial charge < -0.3 is 25.0 Å².